The van der Waals surface area contributed by atoms with Crippen molar-refractivity contribution in [2.45, 2.75) is 38.1 Å². The Morgan fingerprint density at radius 3 is 2.09 bits per heavy atom. The van der Waals surface area contributed by atoms with E-state index in [0.29, 0.717) is 12.8 Å². The lowest BCUT2D eigenvalue weighted by Crippen LogP contribution is -2.47. The smallest absolute Gasteiger partial charge is 0.407 e. The average molecular weight is 468 g/mol. The zero-order chi connectivity index (χ0) is 24.5. The Labute approximate surface area is 197 Å². The summed E-state index contributed by atoms with van der Waals surface area (Å²) in [4.78, 5) is 47.2. The number of alkyl carbamates (subject to hydrolysis) is 1. The quantitative estimate of drug-likeness (QED) is 0.401. The molecule has 2 aromatic carbocycles. The van der Waals surface area contributed by atoms with E-state index in [-0.39, 0.29) is 25.6 Å². The van der Waals surface area contributed by atoms with E-state index in [1.165, 1.54) is 0 Å². The fourth-order valence-corrected chi connectivity index (χ4v) is 3.95. The number of hydrogen-bond donors (Lipinski definition) is 4. The van der Waals surface area contributed by atoms with Gasteiger partial charge in [-0.25, -0.2) is 9.59 Å². The minimum absolute atomic E-state index is 0.0921. The molecule has 2 aromatic rings. The summed E-state index contributed by atoms with van der Waals surface area (Å²) in [6, 6.07) is 14.9. The molecule has 0 bridgehead atoms. The normalized spacial score (nSPS) is 12.7. The summed E-state index contributed by atoms with van der Waals surface area (Å²) in [7, 11) is 0. The van der Waals surface area contributed by atoms with E-state index >= 15 is 0 Å². The number of amides is 3. The highest BCUT2D eigenvalue weighted by atomic mass is 16.5. The van der Waals surface area contributed by atoms with E-state index in [2.05, 4.69) is 16.0 Å². The number of hydrogen-bond acceptors (Lipinski definition) is 5. The first-order chi connectivity index (χ1) is 16.4. The van der Waals surface area contributed by atoms with Crippen LogP contribution in [0.1, 0.15) is 43.2 Å². The van der Waals surface area contributed by atoms with Gasteiger partial charge in [0.25, 0.3) is 0 Å². The maximum Gasteiger partial charge on any atom is 0.407 e. The molecule has 34 heavy (non-hydrogen) atoms. The van der Waals surface area contributed by atoms with Crippen molar-refractivity contribution in [3.63, 3.8) is 0 Å². The predicted octanol–water partition coefficient (Wildman–Crippen LogP) is 2.40. The second kappa shape index (κ2) is 11.8. The number of benzene rings is 2. The highest BCUT2D eigenvalue weighted by Crippen LogP contribution is 2.44. The predicted molar refractivity (Wildman–Crippen MR) is 125 cm³/mol. The lowest BCUT2D eigenvalue weighted by atomic mass is 9.98. The number of aliphatic carboxylic acids is 1. The fraction of sp³-hybridized carbons (Fsp3) is 0.360. The van der Waals surface area contributed by atoms with Gasteiger partial charge in [0.1, 0.15) is 19.2 Å². The molecule has 1 aliphatic carbocycles. The van der Waals surface area contributed by atoms with Crippen molar-refractivity contribution in [1.29, 1.82) is 0 Å². The topological polar surface area (TPSA) is 134 Å². The number of carbonyl (C=O) groups is 4. The minimum Gasteiger partial charge on any atom is -0.480 e. The highest BCUT2D eigenvalue weighted by molar-refractivity contribution is 5.89. The van der Waals surface area contributed by atoms with Gasteiger partial charge in [0.05, 0.1) is 6.54 Å². The summed E-state index contributed by atoms with van der Waals surface area (Å²) in [6.07, 6.45) is 1.03. The van der Waals surface area contributed by atoms with E-state index < -0.39 is 29.9 Å². The van der Waals surface area contributed by atoms with Crippen LogP contribution in [0.25, 0.3) is 11.1 Å². The molecule has 0 heterocycles. The Morgan fingerprint density at radius 1 is 0.912 bits per heavy atom. The van der Waals surface area contributed by atoms with Gasteiger partial charge in [0, 0.05) is 5.92 Å². The highest BCUT2D eigenvalue weighted by Gasteiger charge is 2.29. The fourth-order valence-electron chi connectivity index (χ4n) is 3.95. The van der Waals surface area contributed by atoms with Crippen LogP contribution in [-0.4, -0.2) is 54.7 Å². The molecule has 9 heteroatoms. The van der Waals surface area contributed by atoms with E-state index in [0.717, 1.165) is 28.7 Å². The van der Waals surface area contributed by atoms with Crippen LogP contribution in [-0.2, 0) is 19.1 Å². The van der Waals surface area contributed by atoms with Crippen molar-refractivity contribution in [3.8, 4) is 11.1 Å². The van der Waals surface area contributed by atoms with Crippen LogP contribution in [0.15, 0.2) is 48.5 Å². The van der Waals surface area contributed by atoms with Gasteiger partial charge in [-0.05, 0) is 28.7 Å². The number of carboxylic acid groups (broad SMARTS) is 1. The molecule has 9 nitrogen and oxygen atoms in total. The van der Waals surface area contributed by atoms with Crippen LogP contribution >= 0.6 is 0 Å². The third-order valence-corrected chi connectivity index (χ3v) is 5.66. The summed E-state index contributed by atoms with van der Waals surface area (Å²) in [6.45, 7) is 1.28. The Morgan fingerprint density at radius 2 is 1.50 bits per heavy atom. The number of unbranched alkanes of at least 4 members (excludes halogenated alkanes) is 1. The van der Waals surface area contributed by atoms with Gasteiger partial charge < -0.3 is 25.8 Å². The second-order valence-electron chi connectivity index (χ2n) is 8.06. The molecule has 0 saturated heterocycles. The SMILES string of the molecule is CCCC[C@H](NC(=O)CNC(=O)CNC(=O)OCC1c2ccccc2-c2ccccc21)C(=O)O. The van der Waals surface area contributed by atoms with Gasteiger partial charge in [-0.1, -0.05) is 68.3 Å². The van der Waals surface area contributed by atoms with Crippen molar-refractivity contribution in [2.24, 2.45) is 0 Å². The molecular formula is C25H29N3O6. The first-order valence-electron chi connectivity index (χ1n) is 11.3. The van der Waals surface area contributed by atoms with Crippen molar-refractivity contribution < 1.29 is 29.0 Å². The number of nitrogens with one attached hydrogen (secondary N) is 3. The Kier molecular flexibility index (Phi) is 8.61. The molecule has 0 aromatic heterocycles. The Hall–Kier alpha value is -3.88. The third kappa shape index (κ3) is 6.34. The molecule has 1 atom stereocenters. The lowest BCUT2D eigenvalue weighted by molar-refractivity contribution is -0.142. The Balaban J connectivity index is 1.41. The summed E-state index contributed by atoms with van der Waals surface area (Å²) in [5.41, 5.74) is 4.40. The summed E-state index contributed by atoms with van der Waals surface area (Å²) >= 11 is 0. The van der Waals surface area contributed by atoms with Crippen molar-refractivity contribution >= 4 is 23.9 Å². The van der Waals surface area contributed by atoms with Crippen LogP contribution in [0.2, 0.25) is 0 Å². The second-order valence-corrected chi connectivity index (χ2v) is 8.06. The molecule has 4 N–H and O–H groups in total. The van der Waals surface area contributed by atoms with E-state index in [9.17, 15) is 19.2 Å². The van der Waals surface area contributed by atoms with Gasteiger partial charge in [-0.15, -0.1) is 0 Å². The molecule has 3 amide bonds. The van der Waals surface area contributed by atoms with Crippen molar-refractivity contribution in [1.82, 2.24) is 16.0 Å². The molecule has 0 unspecified atom stereocenters. The molecule has 0 aliphatic heterocycles. The molecule has 0 fully saturated rings. The number of carbonyl (C=O) groups excluding carboxylic acids is 3. The third-order valence-electron chi connectivity index (χ3n) is 5.66. The minimum atomic E-state index is -1.12. The monoisotopic (exact) mass is 467 g/mol. The number of rotatable bonds is 11. The number of ether oxygens (including phenoxy) is 1. The molecule has 180 valence electrons. The van der Waals surface area contributed by atoms with E-state index in [4.69, 9.17) is 9.84 Å². The maximum atomic E-state index is 12.1. The number of carboxylic acids is 1. The molecule has 0 radical (unpaired) electrons. The first kappa shape index (κ1) is 24.8. The molecule has 1 aliphatic rings. The standard InChI is InChI=1S/C25H29N3O6/c1-2-3-12-21(24(31)32)28-23(30)14-26-22(29)13-27-25(33)34-15-20-18-10-6-4-8-16(18)17-9-5-7-11-19(17)20/h4-11,20-21H,2-3,12-15H2,1H3,(H,26,29)(H,27,33)(H,28,30)(H,31,32)/t21-/m0/s1. The van der Waals surface area contributed by atoms with Crippen LogP contribution in [0.5, 0.6) is 0 Å². The van der Waals surface area contributed by atoms with E-state index in [1.807, 2.05) is 55.5 Å². The van der Waals surface area contributed by atoms with Crippen molar-refractivity contribution in [2.75, 3.05) is 19.7 Å². The van der Waals surface area contributed by atoms with Gasteiger partial charge in [0.2, 0.25) is 11.8 Å². The zero-order valence-electron chi connectivity index (χ0n) is 19.0. The van der Waals surface area contributed by atoms with Crippen LogP contribution in [0.4, 0.5) is 4.79 Å². The molecular weight excluding hydrogens is 438 g/mol. The summed E-state index contributed by atoms with van der Waals surface area (Å²) < 4.78 is 5.36. The molecule has 3 rings (SSSR count). The van der Waals surface area contributed by atoms with Crippen LogP contribution in [0, 0.1) is 0 Å². The molecule has 0 spiro atoms. The summed E-state index contributed by atoms with van der Waals surface area (Å²) in [5, 5.41) is 16.2. The van der Waals surface area contributed by atoms with Gasteiger partial charge in [-0.3, -0.25) is 9.59 Å². The van der Waals surface area contributed by atoms with Gasteiger partial charge in [-0.2, -0.15) is 0 Å². The number of fused-ring (bicyclic) bond motifs is 3. The van der Waals surface area contributed by atoms with Gasteiger partial charge in [0.15, 0.2) is 0 Å². The van der Waals surface area contributed by atoms with E-state index in [1.54, 1.807) is 0 Å². The first-order valence-corrected chi connectivity index (χ1v) is 11.3. The summed E-state index contributed by atoms with van der Waals surface area (Å²) in [5.74, 6) is -2.42. The molecule has 0 saturated carbocycles. The zero-order valence-corrected chi connectivity index (χ0v) is 19.0. The van der Waals surface area contributed by atoms with Gasteiger partial charge >= 0.3 is 12.1 Å². The lowest BCUT2D eigenvalue weighted by Gasteiger charge is -2.15. The average Bonchev–Trinajstić information content (AvgIpc) is 3.16. The van der Waals surface area contributed by atoms with Crippen molar-refractivity contribution in [3.05, 3.63) is 59.7 Å². The maximum absolute atomic E-state index is 12.1. The van der Waals surface area contributed by atoms with Crippen LogP contribution in [0.3, 0.4) is 0 Å². The largest absolute Gasteiger partial charge is 0.480 e. The van der Waals surface area contributed by atoms with Crippen LogP contribution < -0.4 is 16.0 Å². The Bertz CT molecular complexity index is 1010.